The Morgan fingerprint density at radius 1 is 1.14 bits per heavy atom. The number of carbonyl (C=O) groups is 1. The van der Waals surface area contributed by atoms with Crippen LogP contribution in [0.1, 0.15) is 33.5 Å². The smallest absolute Gasteiger partial charge is 0.264 e. The molecule has 1 amide bonds. The highest BCUT2D eigenvalue weighted by Gasteiger charge is 2.20. The van der Waals surface area contributed by atoms with Crippen molar-refractivity contribution in [1.29, 1.82) is 0 Å². The number of hydrogen-bond donors (Lipinski definition) is 1. The van der Waals surface area contributed by atoms with Crippen LogP contribution in [-0.2, 0) is 19.5 Å². The van der Waals surface area contributed by atoms with Crippen LogP contribution in [0.25, 0.3) is 10.9 Å². The number of amides is 1. The molecule has 0 saturated carbocycles. The van der Waals surface area contributed by atoms with Gasteiger partial charge in [0.1, 0.15) is 5.76 Å². The molecule has 0 saturated heterocycles. The second kappa shape index (κ2) is 7.86. The molecule has 0 fully saturated rings. The minimum atomic E-state index is -0.180. The number of furan rings is 1. The van der Waals surface area contributed by atoms with E-state index >= 15 is 0 Å². The molecule has 142 valence electrons. The summed E-state index contributed by atoms with van der Waals surface area (Å²) in [5, 5.41) is 2.84. The Labute approximate surface area is 166 Å². The van der Waals surface area contributed by atoms with E-state index in [-0.39, 0.29) is 18.0 Å². The van der Waals surface area contributed by atoms with Gasteiger partial charge >= 0.3 is 0 Å². The van der Waals surface area contributed by atoms with E-state index in [2.05, 4.69) is 18.0 Å². The summed E-state index contributed by atoms with van der Waals surface area (Å²) in [5.74, 6) is 0.559. The lowest BCUT2D eigenvalue weighted by Gasteiger charge is -2.21. The van der Waals surface area contributed by atoms with Gasteiger partial charge in [-0.25, -0.2) is 0 Å². The highest BCUT2D eigenvalue weighted by atomic mass is 32.1. The number of pyridine rings is 1. The van der Waals surface area contributed by atoms with Crippen LogP contribution in [0, 0.1) is 0 Å². The van der Waals surface area contributed by atoms with Gasteiger partial charge in [-0.15, -0.1) is 11.3 Å². The molecule has 0 atom stereocenters. The molecule has 4 rings (SSSR count). The van der Waals surface area contributed by atoms with E-state index in [0.29, 0.717) is 22.7 Å². The maximum Gasteiger partial charge on any atom is 0.264 e. The van der Waals surface area contributed by atoms with Crippen molar-refractivity contribution in [2.75, 3.05) is 0 Å². The number of rotatable bonds is 6. The Kier molecular flexibility index (Phi) is 5.12. The first-order chi connectivity index (χ1) is 13.6. The predicted octanol–water partition coefficient (Wildman–Crippen LogP) is 4.59. The predicted molar refractivity (Wildman–Crippen MR) is 111 cm³/mol. The largest absolute Gasteiger partial charge is 0.467 e. The summed E-state index contributed by atoms with van der Waals surface area (Å²) in [5.41, 5.74) is 2.37. The average Bonchev–Trinajstić information content (AvgIpc) is 3.41. The molecule has 5 nitrogen and oxygen atoms in total. The van der Waals surface area contributed by atoms with Crippen LogP contribution < -0.4 is 5.56 Å². The zero-order valence-corrected chi connectivity index (χ0v) is 16.3. The summed E-state index contributed by atoms with van der Waals surface area (Å²) in [6.07, 6.45) is 2.50. The van der Waals surface area contributed by atoms with Gasteiger partial charge in [0, 0.05) is 11.1 Å². The van der Waals surface area contributed by atoms with Crippen molar-refractivity contribution in [1.82, 2.24) is 9.88 Å². The number of aromatic nitrogens is 1. The first-order valence-electron chi connectivity index (χ1n) is 9.14. The molecule has 1 N–H and O–H groups in total. The topological polar surface area (TPSA) is 66.3 Å². The SMILES string of the molecule is CCc1ccc2[nH]c(=O)c(CN(Cc3ccco3)C(=O)c3cccs3)cc2c1. The molecule has 1 aromatic carbocycles. The molecule has 28 heavy (non-hydrogen) atoms. The molecule has 0 unspecified atom stereocenters. The molecule has 6 heteroatoms. The zero-order chi connectivity index (χ0) is 19.5. The molecule has 0 bridgehead atoms. The van der Waals surface area contributed by atoms with Crippen LogP contribution in [0.2, 0.25) is 0 Å². The number of carbonyl (C=O) groups excluding carboxylic acids is 1. The van der Waals surface area contributed by atoms with Gasteiger partial charge in [0.15, 0.2) is 0 Å². The van der Waals surface area contributed by atoms with Gasteiger partial charge in [0.2, 0.25) is 0 Å². The third-order valence-corrected chi connectivity index (χ3v) is 5.56. The fraction of sp³-hybridized carbons (Fsp3) is 0.182. The summed E-state index contributed by atoms with van der Waals surface area (Å²) >= 11 is 1.39. The third-order valence-electron chi connectivity index (χ3n) is 4.70. The first kappa shape index (κ1) is 18.3. The van der Waals surface area contributed by atoms with Crippen molar-refractivity contribution >= 4 is 28.1 Å². The molecule has 3 heterocycles. The van der Waals surface area contributed by atoms with E-state index in [0.717, 1.165) is 17.3 Å². The van der Waals surface area contributed by atoms with Crippen molar-refractivity contribution in [3.8, 4) is 0 Å². The van der Waals surface area contributed by atoms with Gasteiger partial charge in [0.05, 0.1) is 24.2 Å². The fourth-order valence-electron chi connectivity index (χ4n) is 3.19. The third kappa shape index (κ3) is 3.77. The fourth-order valence-corrected chi connectivity index (χ4v) is 3.88. The number of aryl methyl sites for hydroxylation is 1. The Balaban J connectivity index is 1.70. The Morgan fingerprint density at radius 2 is 2.04 bits per heavy atom. The second-order valence-corrected chi connectivity index (χ2v) is 7.56. The quantitative estimate of drug-likeness (QED) is 0.522. The summed E-state index contributed by atoms with van der Waals surface area (Å²) in [7, 11) is 0. The standard InChI is InChI=1S/C22H20N2O3S/c1-2-15-7-8-19-16(11-15)12-17(21(25)23-19)13-24(14-18-5-3-9-27-18)22(26)20-6-4-10-28-20/h3-12H,2,13-14H2,1H3,(H,23,25). The molecule has 0 radical (unpaired) electrons. The van der Waals surface area contributed by atoms with E-state index < -0.39 is 0 Å². The maximum absolute atomic E-state index is 13.0. The lowest BCUT2D eigenvalue weighted by atomic mass is 10.1. The first-order valence-corrected chi connectivity index (χ1v) is 10.0. The molecular weight excluding hydrogens is 372 g/mol. The Morgan fingerprint density at radius 3 is 2.75 bits per heavy atom. The number of fused-ring (bicyclic) bond motifs is 1. The van der Waals surface area contributed by atoms with E-state index in [4.69, 9.17) is 4.42 Å². The summed E-state index contributed by atoms with van der Waals surface area (Å²) in [6, 6.07) is 15.2. The number of H-pyrrole nitrogens is 1. The molecule has 0 aliphatic heterocycles. The number of nitrogens with one attached hydrogen (secondary N) is 1. The van der Waals surface area contributed by atoms with Crippen molar-refractivity contribution < 1.29 is 9.21 Å². The van der Waals surface area contributed by atoms with Gasteiger partial charge in [-0.05, 0) is 59.1 Å². The minimum absolute atomic E-state index is 0.117. The summed E-state index contributed by atoms with van der Waals surface area (Å²) in [4.78, 5) is 30.8. The lowest BCUT2D eigenvalue weighted by Crippen LogP contribution is -2.32. The van der Waals surface area contributed by atoms with Crippen molar-refractivity contribution in [2.24, 2.45) is 0 Å². The Bertz CT molecular complexity index is 1140. The van der Waals surface area contributed by atoms with Gasteiger partial charge in [-0.3, -0.25) is 9.59 Å². The number of nitrogens with zero attached hydrogens (tertiary/aromatic N) is 1. The van der Waals surface area contributed by atoms with Crippen LogP contribution in [0.3, 0.4) is 0 Å². The number of thiophene rings is 1. The van der Waals surface area contributed by atoms with Gasteiger partial charge in [-0.1, -0.05) is 19.1 Å². The highest BCUT2D eigenvalue weighted by Crippen LogP contribution is 2.19. The van der Waals surface area contributed by atoms with Crippen LogP contribution in [0.4, 0.5) is 0 Å². The number of hydrogen-bond acceptors (Lipinski definition) is 4. The molecule has 3 aromatic heterocycles. The summed E-state index contributed by atoms with van der Waals surface area (Å²) in [6.45, 7) is 2.60. The van der Waals surface area contributed by atoms with E-state index in [1.165, 1.54) is 16.9 Å². The summed E-state index contributed by atoms with van der Waals surface area (Å²) < 4.78 is 5.42. The average molecular weight is 392 g/mol. The van der Waals surface area contributed by atoms with Crippen molar-refractivity contribution in [3.63, 3.8) is 0 Å². The van der Waals surface area contributed by atoms with Gasteiger partial charge < -0.3 is 14.3 Å². The second-order valence-electron chi connectivity index (χ2n) is 6.62. The zero-order valence-electron chi connectivity index (χ0n) is 15.5. The van der Waals surface area contributed by atoms with E-state index in [1.54, 1.807) is 23.3 Å². The van der Waals surface area contributed by atoms with E-state index in [1.807, 2.05) is 35.7 Å². The molecule has 0 aliphatic carbocycles. The van der Waals surface area contributed by atoms with Crippen molar-refractivity contribution in [2.45, 2.75) is 26.4 Å². The monoisotopic (exact) mass is 392 g/mol. The normalized spacial score (nSPS) is 11.0. The minimum Gasteiger partial charge on any atom is -0.467 e. The number of benzene rings is 1. The Hall–Kier alpha value is -3.12. The molecule has 0 aliphatic rings. The highest BCUT2D eigenvalue weighted by molar-refractivity contribution is 7.12. The van der Waals surface area contributed by atoms with Crippen LogP contribution >= 0.6 is 11.3 Å². The number of aromatic amines is 1. The van der Waals surface area contributed by atoms with Crippen LogP contribution in [0.15, 0.2) is 69.4 Å². The van der Waals surface area contributed by atoms with Gasteiger partial charge in [-0.2, -0.15) is 0 Å². The molecule has 0 spiro atoms. The maximum atomic E-state index is 13.0. The van der Waals surface area contributed by atoms with Crippen LogP contribution in [-0.4, -0.2) is 15.8 Å². The molecular formula is C22H20N2O3S. The van der Waals surface area contributed by atoms with E-state index in [9.17, 15) is 9.59 Å². The van der Waals surface area contributed by atoms with Gasteiger partial charge in [0.25, 0.3) is 11.5 Å². The molecule has 4 aromatic rings. The van der Waals surface area contributed by atoms with Crippen LogP contribution in [0.5, 0.6) is 0 Å². The van der Waals surface area contributed by atoms with Crippen molar-refractivity contribution in [3.05, 3.63) is 92.3 Å². The lowest BCUT2D eigenvalue weighted by molar-refractivity contribution is 0.0722.